The molecule has 0 bridgehead atoms. The van der Waals surface area contributed by atoms with Crippen LogP contribution >= 0.6 is 11.6 Å². The van der Waals surface area contributed by atoms with Crippen molar-refractivity contribution in [2.45, 2.75) is 32.4 Å². The molecule has 0 aliphatic carbocycles. The van der Waals surface area contributed by atoms with Gasteiger partial charge < -0.3 is 10.2 Å². The van der Waals surface area contributed by atoms with E-state index in [9.17, 15) is 4.79 Å². The largest absolute Gasteiger partial charge is 0.358 e. The molecule has 0 saturated carbocycles. The smallest absolute Gasteiger partial charge is 0.249 e. The van der Waals surface area contributed by atoms with Gasteiger partial charge in [0.05, 0.1) is 5.52 Å². The average molecular weight is 367 g/mol. The van der Waals surface area contributed by atoms with Crippen LogP contribution in [0.4, 0.5) is 11.5 Å². The Labute approximate surface area is 157 Å². The van der Waals surface area contributed by atoms with E-state index in [0.717, 1.165) is 23.0 Å². The topological polar surface area (TPSA) is 58.1 Å². The summed E-state index contributed by atoms with van der Waals surface area (Å²) in [5, 5.41) is 4.71. The molecule has 0 unspecified atom stereocenters. The molecule has 0 spiro atoms. The molecule has 2 atom stereocenters. The van der Waals surface area contributed by atoms with Gasteiger partial charge in [-0.25, -0.2) is 9.97 Å². The fourth-order valence-electron chi connectivity index (χ4n) is 3.52. The Bertz CT molecular complexity index is 990. The molecule has 5 nitrogen and oxygen atoms in total. The van der Waals surface area contributed by atoms with E-state index >= 15 is 0 Å². The predicted octanol–water partition coefficient (Wildman–Crippen LogP) is 4.06. The minimum atomic E-state index is -0.419. The summed E-state index contributed by atoms with van der Waals surface area (Å²) in [5.41, 5.74) is 2.95. The Morgan fingerprint density at radius 3 is 2.92 bits per heavy atom. The Morgan fingerprint density at radius 2 is 2.08 bits per heavy atom. The molecule has 132 valence electrons. The van der Waals surface area contributed by atoms with E-state index in [1.54, 1.807) is 12.1 Å². The molecule has 1 aliphatic rings. The molecular formula is C20H19ClN4O. The highest BCUT2D eigenvalue weighted by molar-refractivity contribution is 6.31. The van der Waals surface area contributed by atoms with Gasteiger partial charge in [-0.1, -0.05) is 29.8 Å². The van der Waals surface area contributed by atoms with Crippen LogP contribution in [0.1, 0.15) is 19.4 Å². The number of anilines is 2. The van der Waals surface area contributed by atoms with Crippen LogP contribution in [0.5, 0.6) is 0 Å². The Kier molecular flexibility index (Phi) is 4.24. The van der Waals surface area contributed by atoms with Gasteiger partial charge in [0, 0.05) is 22.1 Å². The zero-order valence-electron chi connectivity index (χ0n) is 14.6. The SMILES string of the molecule is C[C@@H]1Cc2ccccc2N1C(=O)[C@@H](C)Nc1ncnc2cc(Cl)ccc12. The van der Waals surface area contributed by atoms with Crippen molar-refractivity contribution in [2.24, 2.45) is 0 Å². The number of amides is 1. The van der Waals surface area contributed by atoms with Gasteiger partial charge in [0.1, 0.15) is 18.2 Å². The molecule has 0 fully saturated rings. The number of benzene rings is 2. The number of hydrogen-bond donors (Lipinski definition) is 1. The van der Waals surface area contributed by atoms with Crippen LogP contribution in [0, 0.1) is 0 Å². The normalized spacial score (nSPS) is 17.2. The first-order valence-corrected chi connectivity index (χ1v) is 9.00. The fraction of sp³-hybridized carbons (Fsp3) is 0.250. The van der Waals surface area contributed by atoms with Crippen LogP contribution < -0.4 is 10.2 Å². The van der Waals surface area contributed by atoms with E-state index in [1.165, 1.54) is 11.9 Å². The summed E-state index contributed by atoms with van der Waals surface area (Å²) < 4.78 is 0. The summed E-state index contributed by atoms with van der Waals surface area (Å²) in [6.07, 6.45) is 2.36. The number of para-hydroxylation sites is 1. The molecule has 4 rings (SSSR count). The van der Waals surface area contributed by atoms with Crippen LogP contribution in [0.3, 0.4) is 0 Å². The molecule has 2 heterocycles. The number of aromatic nitrogens is 2. The predicted molar refractivity (Wildman–Crippen MR) is 105 cm³/mol. The lowest BCUT2D eigenvalue weighted by Crippen LogP contribution is -2.44. The van der Waals surface area contributed by atoms with E-state index in [4.69, 9.17) is 11.6 Å². The maximum absolute atomic E-state index is 13.1. The zero-order chi connectivity index (χ0) is 18.3. The van der Waals surface area contributed by atoms with Crippen molar-refractivity contribution in [3.05, 3.63) is 59.4 Å². The van der Waals surface area contributed by atoms with Crippen molar-refractivity contribution < 1.29 is 4.79 Å². The third kappa shape index (κ3) is 2.88. The lowest BCUT2D eigenvalue weighted by molar-refractivity contribution is -0.119. The molecule has 2 aromatic carbocycles. The van der Waals surface area contributed by atoms with E-state index in [2.05, 4.69) is 28.3 Å². The summed E-state index contributed by atoms with van der Waals surface area (Å²) in [7, 11) is 0. The van der Waals surface area contributed by atoms with Gasteiger partial charge in [-0.05, 0) is 50.1 Å². The molecule has 0 saturated heterocycles. The van der Waals surface area contributed by atoms with E-state index in [0.29, 0.717) is 10.8 Å². The first kappa shape index (κ1) is 16.8. The lowest BCUT2D eigenvalue weighted by Gasteiger charge is -2.27. The molecular weight excluding hydrogens is 348 g/mol. The van der Waals surface area contributed by atoms with Crippen LogP contribution in [0.2, 0.25) is 5.02 Å². The van der Waals surface area contributed by atoms with Crippen molar-refractivity contribution in [1.29, 1.82) is 0 Å². The summed E-state index contributed by atoms with van der Waals surface area (Å²) in [6.45, 7) is 3.94. The average Bonchev–Trinajstić information content (AvgIpc) is 2.96. The summed E-state index contributed by atoms with van der Waals surface area (Å²) in [6, 6.07) is 13.2. The third-order valence-corrected chi connectivity index (χ3v) is 5.00. The first-order valence-electron chi connectivity index (χ1n) is 8.62. The molecule has 1 aromatic heterocycles. The minimum Gasteiger partial charge on any atom is -0.358 e. The fourth-order valence-corrected chi connectivity index (χ4v) is 3.69. The second-order valence-corrected chi connectivity index (χ2v) is 7.08. The van der Waals surface area contributed by atoms with Gasteiger partial charge in [0.15, 0.2) is 0 Å². The van der Waals surface area contributed by atoms with Gasteiger partial charge in [0.25, 0.3) is 0 Å². The lowest BCUT2D eigenvalue weighted by atomic mass is 10.1. The molecule has 0 radical (unpaired) electrons. The zero-order valence-corrected chi connectivity index (χ0v) is 15.4. The number of hydrogen-bond acceptors (Lipinski definition) is 4. The Morgan fingerprint density at radius 1 is 1.27 bits per heavy atom. The molecule has 1 N–H and O–H groups in total. The second kappa shape index (κ2) is 6.57. The second-order valence-electron chi connectivity index (χ2n) is 6.64. The highest BCUT2D eigenvalue weighted by Gasteiger charge is 2.33. The molecule has 6 heteroatoms. The Balaban J connectivity index is 1.61. The standard InChI is InChI=1S/C20H19ClN4O/c1-12-9-14-5-3-4-6-18(14)25(12)20(26)13(2)24-19-16-8-7-15(21)10-17(16)22-11-23-19/h3-8,10-13H,9H2,1-2H3,(H,22,23,24)/t12-,13-/m1/s1. The molecule has 3 aromatic rings. The summed E-state index contributed by atoms with van der Waals surface area (Å²) >= 11 is 6.04. The monoisotopic (exact) mass is 366 g/mol. The summed E-state index contributed by atoms with van der Waals surface area (Å²) in [5.74, 6) is 0.663. The van der Waals surface area contributed by atoms with E-state index < -0.39 is 6.04 Å². The van der Waals surface area contributed by atoms with Crippen molar-refractivity contribution in [3.8, 4) is 0 Å². The van der Waals surface area contributed by atoms with Gasteiger partial charge in [0.2, 0.25) is 5.91 Å². The van der Waals surface area contributed by atoms with Crippen molar-refractivity contribution in [2.75, 3.05) is 10.2 Å². The van der Waals surface area contributed by atoms with Crippen molar-refractivity contribution in [3.63, 3.8) is 0 Å². The summed E-state index contributed by atoms with van der Waals surface area (Å²) in [4.78, 5) is 23.6. The van der Waals surface area contributed by atoms with Gasteiger partial charge in [-0.15, -0.1) is 0 Å². The number of nitrogens with one attached hydrogen (secondary N) is 1. The number of halogens is 1. The molecule has 1 amide bonds. The van der Waals surface area contributed by atoms with Crippen LogP contribution in [0.15, 0.2) is 48.8 Å². The van der Waals surface area contributed by atoms with E-state index in [-0.39, 0.29) is 11.9 Å². The van der Waals surface area contributed by atoms with Crippen molar-refractivity contribution in [1.82, 2.24) is 9.97 Å². The maximum Gasteiger partial charge on any atom is 0.249 e. The van der Waals surface area contributed by atoms with Gasteiger partial charge >= 0.3 is 0 Å². The van der Waals surface area contributed by atoms with Crippen LogP contribution in [-0.4, -0.2) is 28.0 Å². The minimum absolute atomic E-state index is 0.0307. The van der Waals surface area contributed by atoms with E-state index in [1.807, 2.05) is 36.1 Å². The molecule has 26 heavy (non-hydrogen) atoms. The number of carbonyl (C=O) groups is 1. The Hall–Kier alpha value is -2.66. The van der Waals surface area contributed by atoms with Crippen LogP contribution in [-0.2, 0) is 11.2 Å². The van der Waals surface area contributed by atoms with Gasteiger partial charge in [-0.2, -0.15) is 0 Å². The highest BCUT2D eigenvalue weighted by atomic mass is 35.5. The molecule has 1 aliphatic heterocycles. The number of rotatable bonds is 3. The number of nitrogens with zero attached hydrogens (tertiary/aromatic N) is 3. The third-order valence-electron chi connectivity index (χ3n) is 4.77. The maximum atomic E-state index is 13.1. The van der Waals surface area contributed by atoms with Crippen LogP contribution in [0.25, 0.3) is 10.9 Å². The highest BCUT2D eigenvalue weighted by Crippen LogP contribution is 2.32. The van der Waals surface area contributed by atoms with Gasteiger partial charge in [-0.3, -0.25) is 4.79 Å². The number of carbonyl (C=O) groups excluding carboxylic acids is 1. The first-order chi connectivity index (χ1) is 12.5. The van der Waals surface area contributed by atoms with Crippen molar-refractivity contribution >= 4 is 39.9 Å². The number of fused-ring (bicyclic) bond motifs is 2. The quantitative estimate of drug-likeness (QED) is 0.759.